The van der Waals surface area contributed by atoms with Gasteiger partial charge in [0.15, 0.2) is 0 Å². The molecular formula is C25H23N3OS. The van der Waals surface area contributed by atoms with Crippen LogP contribution < -0.4 is 5.73 Å². The second-order valence-corrected chi connectivity index (χ2v) is 8.04. The summed E-state index contributed by atoms with van der Waals surface area (Å²) in [6.45, 7) is 2.93. The smallest absolute Gasteiger partial charge is 0.259 e. The van der Waals surface area contributed by atoms with E-state index in [9.17, 15) is 4.79 Å². The minimum atomic E-state index is -0.421. The van der Waals surface area contributed by atoms with Crippen LogP contribution in [0.2, 0.25) is 0 Å². The Bertz CT molecular complexity index is 1120. The molecule has 30 heavy (non-hydrogen) atoms. The van der Waals surface area contributed by atoms with E-state index in [1.165, 1.54) is 22.5 Å². The largest absolute Gasteiger partial charge is 0.365 e. The van der Waals surface area contributed by atoms with Gasteiger partial charge in [0.25, 0.3) is 5.91 Å². The van der Waals surface area contributed by atoms with E-state index in [0.29, 0.717) is 10.6 Å². The van der Waals surface area contributed by atoms with Crippen LogP contribution in [0.25, 0.3) is 16.7 Å². The van der Waals surface area contributed by atoms with Gasteiger partial charge in [0, 0.05) is 43.4 Å². The fourth-order valence-corrected chi connectivity index (χ4v) is 4.38. The molecule has 3 heterocycles. The predicted molar refractivity (Wildman–Crippen MR) is 123 cm³/mol. The maximum atomic E-state index is 11.7. The van der Waals surface area contributed by atoms with Crippen LogP contribution >= 0.6 is 11.3 Å². The molecule has 0 spiro atoms. The van der Waals surface area contributed by atoms with Crippen molar-refractivity contribution in [3.8, 4) is 23.0 Å². The number of carbonyl (C=O) groups excluding carboxylic acids is 1. The number of hydrogen-bond donors (Lipinski definition) is 1. The van der Waals surface area contributed by atoms with Crippen molar-refractivity contribution in [3.63, 3.8) is 0 Å². The Labute approximate surface area is 181 Å². The van der Waals surface area contributed by atoms with Crippen molar-refractivity contribution in [3.05, 3.63) is 82.3 Å². The Kier molecular flexibility index (Phi) is 6.38. The monoisotopic (exact) mass is 413 g/mol. The third-order valence-electron chi connectivity index (χ3n) is 5.18. The molecule has 4 rings (SSSR count). The van der Waals surface area contributed by atoms with E-state index in [0.717, 1.165) is 43.6 Å². The summed E-state index contributed by atoms with van der Waals surface area (Å²) in [6.07, 6.45) is 5.89. The molecule has 2 N–H and O–H groups in total. The maximum Gasteiger partial charge on any atom is 0.259 e. The maximum absolute atomic E-state index is 11.7. The number of benzene rings is 1. The number of rotatable bonds is 5. The lowest BCUT2D eigenvalue weighted by Gasteiger charge is -2.25. The second-order valence-electron chi connectivity index (χ2n) is 7.12. The lowest BCUT2D eigenvalue weighted by atomic mass is 9.99. The Balaban J connectivity index is 1.39. The van der Waals surface area contributed by atoms with Gasteiger partial charge in [-0.05, 0) is 47.1 Å². The molecule has 0 saturated carbocycles. The molecule has 1 amide bonds. The molecule has 1 aliphatic rings. The first-order valence-corrected chi connectivity index (χ1v) is 10.9. The van der Waals surface area contributed by atoms with Crippen molar-refractivity contribution < 1.29 is 4.79 Å². The van der Waals surface area contributed by atoms with Crippen molar-refractivity contribution in [2.45, 2.75) is 12.8 Å². The van der Waals surface area contributed by atoms with Gasteiger partial charge >= 0.3 is 0 Å². The summed E-state index contributed by atoms with van der Waals surface area (Å²) >= 11 is 1.34. The molecule has 0 atom stereocenters. The van der Waals surface area contributed by atoms with E-state index in [1.807, 2.05) is 23.6 Å². The minimum absolute atomic E-state index is 0.421. The predicted octanol–water partition coefficient (Wildman–Crippen LogP) is 4.44. The highest BCUT2D eigenvalue weighted by atomic mass is 32.1. The number of primary amides is 1. The van der Waals surface area contributed by atoms with Crippen LogP contribution in [0.15, 0.2) is 66.2 Å². The third kappa shape index (κ3) is 4.68. The molecule has 0 radical (unpaired) electrons. The molecule has 1 aromatic carbocycles. The topological polar surface area (TPSA) is 59.2 Å². The van der Waals surface area contributed by atoms with E-state index in [2.05, 4.69) is 58.1 Å². The van der Waals surface area contributed by atoms with Gasteiger partial charge in [-0.2, -0.15) is 0 Å². The van der Waals surface area contributed by atoms with Gasteiger partial charge in [-0.1, -0.05) is 42.3 Å². The summed E-state index contributed by atoms with van der Waals surface area (Å²) in [5, 5.41) is 1.87. The number of nitrogens with two attached hydrogens (primary N) is 1. The normalized spacial score (nSPS) is 13.9. The minimum Gasteiger partial charge on any atom is -0.365 e. The molecule has 0 fully saturated rings. The summed E-state index contributed by atoms with van der Waals surface area (Å²) in [5.74, 6) is 6.03. The van der Waals surface area contributed by atoms with Crippen LogP contribution in [0.1, 0.15) is 33.8 Å². The Morgan fingerprint density at radius 3 is 2.77 bits per heavy atom. The molecule has 0 unspecified atom stereocenters. The fourth-order valence-electron chi connectivity index (χ4n) is 3.62. The zero-order chi connectivity index (χ0) is 20.8. The molecular weight excluding hydrogens is 390 g/mol. The average molecular weight is 414 g/mol. The van der Waals surface area contributed by atoms with Crippen molar-refractivity contribution in [2.24, 2.45) is 5.73 Å². The quantitative estimate of drug-likeness (QED) is 0.629. The van der Waals surface area contributed by atoms with Crippen LogP contribution in [-0.4, -0.2) is 35.4 Å². The van der Waals surface area contributed by atoms with Gasteiger partial charge < -0.3 is 5.73 Å². The van der Waals surface area contributed by atoms with E-state index in [4.69, 9.17) is 5.73 Å². The molecule has 0 saturated heterocycles. The second kappa shape index (κ2) is 9.53. The van der Waals surface area contributed by atoms with Gasteiger partial charge in [-0.3, -0.25) is 9.69 Å². The fraction of sp³-hybridized carbons (Fsp3) is 0.200. The first kappa shape index (κ1) is 20.1. The molecule has 0 aliphatic carbocycles. The highest BCUT2D eigenvalue weighted by Gasteiger charge is 2.15. The Morgan fingerprint density at radius 1 is 1.13 bits per heavy atom. The van der Waals surface area contributed by atoms with E-state index in [-0.39, 0.29) is 0 Å². The van der Waals surface area contributed by atoms with Crippen LogP contribution in [0, 0.1) is 11.8 Å². The summed E-state index contributed by atoms with van der Waals surface area (Å²) in [5.41, 5.74) is 10.6. The van der Waals surface area contributed by atoms with Gasteiger partial charge in [-0.15, -0.1) is 11.3 Å². The third-order valence-corrected chi connectivity index (χ3v) is 6.11. The van der Waals surface area contributed by atoms with Crippen molar-refractivity contribution in [2.75, 3.05) is 19.6 Å². The summed E-state index contributed by atoms with van der Waals surface area (Å²) in [6, 6.07) is 16.3. The van der Waals surface area contributed by atoms with E-state index in [1.54, 1.807) is 6.20 Å². The van der Waals surface area contributed by atoms with Gasteiger partial charge in [-0.25, -0.2) is 4.98 Å². The molecule has 2 aromatic heterocycles. The highest BCUT2D eigenvalue weighted by Crippen LogP contribution is 2.29. The standard InChI is InChI=1S/C25H23N3OS/c26-25(29)24-22(13-18-30-24)21-9-6-14-27-23(21)10-4-5-15-28-16-11-20(12-17-28)19-7-2-1-3-8-19/h1-3,6-9,11,13-14,18H,5,12,15-17H2,(H2,26,29). The zero-order valence-corrected chi connectivity index (χ0v) is 17.5. The average Bonchev–Trinajstić information content (AvgIpc) is 3.28. The van der Waals surface area contributed by atoms with Gasteiger partial charge in [0.05, 0.1) is 4.88 Å². The molecule has 4 nitrogen and oxygen atoms in total. The SMILES string of the molecule is NC(=O)c1sccc1-c1cccnc1C#CCCN1CC=C(c2ccccc2)CC1. The van der Waals surface area contributed by atoms with Crippen LogP contribution in [0.4, 0.5) is 0 Å². The van der Waals surface area contributed by atoms with E-state index < -0.39 is 5.91 Å². The first-order chi connectivity index (χ1) is 14.7. The van der Waals surface area contributed by atoms with Crippen LogP contribution in [-0.2, 0) is 0 Å². The molecule has 0 bridgehead atoms. The molecule has 1 aliphatic heterocycles. The zero-order valence-electron chi connectivity index (χ0n) is 16.7. The van der Waals surface area contributed by atoms with Crippen LogP contribution in [0.3, 0.4) is 0 Å². The van der Waals surface area contributed by atoms with E-state index >= 15 is 0 Å². The van der Waals surface area contributed by atoms with Crippen molar-refractivity contribution in [1.29, 1.82) is 0 Å². The number of aromatic nitrogens is 1. The lowest BCUT2D eigenvalue weighted by Crippen LogP contribution is -2.29. The number of carbonyl (C=O) groups is 1. The molecule has 150 valence electrons. The first-order valence-electron chi connectivity index (χ1n) is 10.0. The Hall–Kier alpha value is -3.20. The summed E-state index contributed by atoms with van der Waals surface area (Å²) in [7, 11) is 0. The summed E-state index contributed by atoms with van der Waals surface area (Å²) < 4.78 is 0. The number of amides is 1. The number of hydrogen-bond acceptors (Lipinski definition) is 4. The Morgan fingerprint density at radius 2 is 2.00 bits per heavy atom. The molecule has 5 heteroatoms. The number of nitrogens with zero attached hydrogens (tertiary/aromatic N) is 2. The summed E-state index contributed by atoms with van der Waals surface area (Å²) in [4.78, 5) is 19.1. The number of pyridine rings is 1. The van der Waals surface area contributed by atoms with Gasteiger partial charge in [0.1, 0.15) is 5.69 Å². The van der Waals surface area contributed by atoms with Crippen molar-refractivity contribution >= 4 is 22.8 Å². The van der Waals surface area contributed by atoms with Gasteiger partial charge in [0.2, 0.25) is 0 Å². The van der Waals surface area contributed by atoms with Crippen LogP contribution in [0.5, 0.6) is 0 Å². The lowest BCUT2D eigenvalue weighted by molar-refractivity contribution is 0.100. The van der Waals surface area contributed by atoms with Crippen molar-refractivity contribution in [1.82, 2.24) is 9.88 Å². The highest BCUT2D eigenvalue weighted by molar-refractivity contribution is 7.12. The molecule has 3 aromatic rings. The number of thiophene rings is 1.